The van der Waals surface area contributed by atoms with Crippen LogP contribution < -0.4 is 10.1 Å². The fourth-order valence-corrected chi connectivity index (χ4v) is 4.05. The molecule has 1 aliphatic rings. The molecule has 1 N–H and O–H groups in total. The number of rotatable bonds is 7. The van der Waals surface area contributed by atoms with Crippen molar-refractivity contribution in [2.75, 3.05) is 26.7 Å². The third kappa shape index (κ3) is 5.10. The third-order valence-corrected chi connectivity index (χ3v) is 5.51. The zero-order valence-electron chi connectivity index (χ0n) is 16.4. The van der Waals surface area contributed by atoms with Gasteiger partial charge in [-0.2, -0.15) is 0 Å². The Morgan fingerprint density at radius 2 is 1.78 bits per heavy atom. The Morgan fingerprint density at radius 1 is 1.11 bits per heavy atom. The summed E-state index contributed by atoms with van der Waals surface area (Å²) < 4.78 is 5.32. The lowest BCUT2D eigenvalue weighted by molar-refractivity contribution is -0.132. The summed E-state index contributed by atoms with van der Waals surface area (Å²) >= 11 is 0. The number of carbonyl (C=O) groups excluding carboxylic acids is 1. The van der Waals surface area contributed by atoms with E-state index in [-0.39, 0.29) is 11.9 Å². The van der Waals surface area contributed by atoms with Crippen LogP contribution in [-0.4, -0.2) is 37.6 Å². The average molecular weight is 367 g/mol. The van der Waals surface area contributed by atoms with Gasteiger partial charge in [0.2, 0.25) is 5.91 Å². The first-order valence-electron chi connectivity index (χ1n) is 9.85. The lowest BCUT2D eigenvalue weighted by atomic mass is 9.84. The Kier molecular flexibility index (Phi) is 6.88. The largest absolute Gasteiger partial charge is 0.497 e. The number of carbonyl (C=O) groups is 1. The van der Waals surface area contributed by atoms with E-state index in [2.05, 4.69) is 46.6 Å². The van der Waals surface area contributed by atoms with Gasteiger partial charge in [0.05, 0.1) is 13.2 Å². The molecule has 27 heavy (non-hydrogen) atoms. The van der Waals surface area contributed by atoms with Crippen LogP contribution in [-0.2, 0) is 11.2 Å². The summed E-state index contributed by atoms with van der Waals surface area (Å²) in [6.07, 6.45) is 3.05. The number of hydrogen-bond donors (Lipinski definition) is 1. The number of nitrogens with zero attached hydrogens (tertiary/aromatic N) is 1. The van der Waals surface area contributed by atoms with Crippen molar-refractivity contribution < 1.29 is 9.53 Å². The van der Waals surface area contributed by atoms with Crippen molar-refractivity contribution in [3.63, 3.8) is 0 Å². The maximum absolute atomic E-state index is 12.6. The standard InChI is InChI=1S/C23H30N2O2/c1-18(26)25(17-14-19-6-4-3-5-7-19)23(21-12-15-24-16-13-21)20-8-10-22(27-2)11-9-20/h3-11,21,23-24H,12-17H2,1-2H3. The molecule has 0 bridgehead atoms. The van der Waals surface area contributed by atoms with E-state index in [1.54, 1.807) is 14.0 Å². The predicted molar refractivity (Wildman–Crippen MR) is 109 cm³/mol. The molecular weight excluding hydrogens is 336 g/mol. The normalized spacial score (nSPS) is 15.9. The second-order valence-electron chi connectivity index (χ2n) is 7.25. The SMILES string of the molecule is COc1ccc(C(C2CCNCC2)N(CCc2ccccc2)C(C)=O)cc1. The van der Waals surface area contributed by atoms with Gasteiger partial charge in [-0.1, -0.05) is 42.5 Å². The quantitative estimate of drug-likeness (QED) is 0.810. The number of benzene rings is 2. The summed E-state index contributed by atoms with van der Waals surface area (Å²) in [6.45, 7) is 4.46. The van der Waals surface area contributed by atoms with Crippen molar-refractivity contribution in [1.29, 1.82) is 0 Å². The minimum atomic E-state index is 0.110. The lowest BCUT2D eigenvalue weighted by Gasteiger charge is -2.39. The smallest absolute Gasteiger partial charge is 0.219 e. The van der Waals surface area contributed by atoms with E-state index in [9.17, 15) is 4.79 Å². The highest BCUT2D eigenvalue weighted by atomic mass is 16.5. The van der Waals surface area contributed by atoms with Gasteiger partial charge in [-0.3, -0.25) is 4.79 Å². The summed E-state index contributed by atoms with van der Waals surface area (Å²) in [6, 6.07) is 18.7. The molecule has 0 aromatic heterocycles. The van der Waals surface area contributed by atoms with Gasteiger partial charge in [-0.05, 0) is 61.5 Å². The van der Waals surface area contributed by atoms with Crippen LogP contribution in [0.25, 0.3) is 0 Å². The first kappa shape index (κ1) is 19.4. The minimum Gasteiger partial charge on any atom is -0.497 e. The number of piperidine rings is 1. The fourth-order valence-electron chi connectivity index (χ4n) is 4.05. The fraction of sp³-hybridized carbons (Fsp3) is 0.435. The number of methoxy groups -OCH3 is 1. The van der Waals surface area contributed by atoms with Gasteiger partial charge in [-0.15, -0.1) is 0 Å². The van der Waals surface area contributed by atoms with Crippen molar-refractivity contribution in [3.8, 4) is 5.75 Å². The molecule has 0 radical (unpaired) electrons. The van der Waals surface area contributed by atoms with Crippen LogP contribution in [0.3, 0.4) is 0 Å². The third-order valence-electron chi connectivity index (χ3n) is 5.51. The highest BCUT2D eigenvalue weighted by Crippen LogP contribution is 2.35. The molecule has 1 atom stereocenters. The number of nitrogens with one attached hydrogen (secondary N) is 1. The zero-order valence-corrected chi connectivity index (χ0v) is 16.4. The molecule has 1 heterocycles. The Labute approximate surface area is 162 Å². The molecule has 2 aromatic carbocycles. The van der Waals surface area contributed by atoms with Crippen LogP contribution in [0.1, 0.15) is 36.9 Å². The maximum atomic E-state index is 12.6. The second kappa shape index (κ2) is 9.56. The highest BCUT2D eigenvalue weighted by Gasteiger charge is 2.31. The van der Waals surface area contributed by atoms with Gasteiger partial charge in [0.25, 0.3) is 0 Å². The molecule has 144 valence electrons. The maximum Gasteiger partial charge on any atom is 0.219 e. The first-order chi connectivity index (χ1) is 13.2. The number of amides is 1. The van der Waals surface area contributed by atoms with Crippen molar-refractivity contribution in [3.05, 3.63) is 65.7 Å². The molecule has 4 nitrogen and oxygen atoms in total. The first-order valence-corrected chi connectivity index (χ1v) is 9.85. The summed E-state index contributed by atoms with van der Waals surface area (Å²) in [5.41, 5.74) is 2.47. The molecule has 1 unspecified atom stereocenters. The predicted octanol–water partition coefficient (Wildman–Crippen LogP) is 3.83. The van der Waals surface area contributed by atoms with E-state index in [1.807, 2.05) is 18.2 Å². The van der Waals surface area contributed by atoms with Gasteiger partial charge in [0.1, 0.15) is 5.75 Å². The van der Waals surface area contributed by atoms with Gasteiger partial charge >= 0.3 is 0 Å². The minimum absolute atomic E-state index is 0.110. The van der Waals surface area contributed by atoms with Crippen LogP contribution >= 0.6 is 0 Å². The van der Waals surface area contributed by atoms with Crippen molar-refractivity contribution in [1.82, 2.24) is 10.2 Å². The summed E-state index contributed by atoms with van der Waals surface area (Å²) in [5, 5.41) is 3.44. The highest BCUT2D eigenvalue weighted by molar-refractivity contribution is 5.74. The second-order valence-corrected chi connectivity index (χ2v) is 7.25. The molecule has 0 aliphatic carbocycles. The lowest BCUT2D eigenvalue weighted by Crippen LogP contribution is -2.42. The Bertz CT molecular complexity index is 709. The summed E-state index contributed by atoms with van der Waals surface area (Å²) in [7, 11) is 1.68. The Balaban J connectivity index is 1.85. The van der Waals surface area contributed by atoms with Crippen molar-refractivity contribution in [2.24, 2.45) is 5.92 Å². The van der Waals surface area contributed by atoms with Gasteiger partial charge < -0.3 is 15.0 Å². The van der Waals surface area contributed by atoms with E-state index < -0.39 is 0 Å². The molecule has 1 fully saturated rings. The van der Waals surface area contributed by atoms with E-state index in [1.165, 1.54) is 11.1 Å². The molecule has 1 saturated heterocycles. The number of hydrogen-bond acceptors (Lipinski definition) is 3. The summed E-state index contributed by atoms with van der Waals surface area (Å²) in [5.74, 6) is 1.46. The van der Waals surface area contributed by atoms with Gasteiger partial charge in [0, 0.05) is 13.5 Å². The van der Waals surface area contributed by atoms with Crippen LogP contribution in [0.2, 0.25) is 0 Å². The average Bonchev–Trinajstić information content (AvgIpc) is 2.72. The van der Waals surface area contributed by atoms with Gasteiger partial charge in [0.15, 0.2) is 0 Å². The molecular formula is C23H30N2O2. The van der Waals surface area contributed by atoms with Gasteiger partial charge in [-0.25, -0.2) is 0 Å². The van der Waals surface area contributed by atoms with E-state index in [0.29, 0.717) is 5.92 Å². The number of ether oxygens (including phenoxy) is 1. The molecule has 4 heteroatoms. The molecule has 1 aliphatic heterocycles. The molecule has 3 rings (SSSR count). The topological polar surface area (TPSA) is 41.6 Å². The molecule has 1 amide bonds. The Hall–Kier alpha value is -2.33. The monoisotopic (exact) mass is 366 g/mol. The zero-order chi connectivity index (χ0) is 19.1. The Morgan fingerprint density at radius 3 is 2.37 bits per heavy atom. The van der Waals surface area contributed by atoms with Crippen LogP contribution in [0.15, 0.2) is 54.6 Å². The van der Waals surface area contributed by atoms with E-state index >= 15 is 0 Å². The summed E-state index contributed by atoms with van der Waals surface area (Å²) in [4.78, 5) is 14.7. The van der Waals surface area contributed by atoms with Crippen molar-refractivity contribution in [2.45, 2.75) is 32.2 Å². The molecule has 0 spiro atoms. The molecule has 2 aromatic rings. The van der Waals surface area contributed by atoms with E-state index in [0.717, 1.165) is 44.6 Å². The van der Waals surface area contributed by atoms with Crippen molar-refractivity contribution >= 4 is 5.91 Å². The van der Waals surface area contributed by atoms with Crippen LogP contribution in [0.5, 0.6) is 5.75 Å². The van der Waals surface area contributed by atoms with E-state index in [4.69, 9.17) is 4.74 Å². The van der Waals surface area contributed by atoms with Crippen LogP contribution in [0.4, 0.5) is 0 Å². The van der Waals surface area contributed by atoms with Crippen LogP contribution in [0, 0.1) is 5.92 Å². The molecule has 0 saturated carbocycles.